The number of rotatable bonds is 5. The van der Waals surface area contributed by atoms with Gasteiger partial charge in [0.25, 0.3) is 10.0 Å². The lowest BCUT2D eigenvalue weighted by molar-refractivity contribution is -0.128. The van der Waals surface area contributed by atoms with Gasteiger partial charge in [-0.05, 0) is 36.2 Å². The number of phenols is 1. The summed E-state index contributed by atoms with van der Waals surface area (Å²) in [5.41, 5.74) is 1.28. The van der Waals surface area contributed by atoms with Gasteiger partial charge in [-0.2, -0.15) is 0 Å². The van der Waals surface area contributed by atoms with E-state index < -0.39 is 15.8 Å². The summed E-state index contributed by atoms with van der Waals surface area (Å²) in [5.74, 6) is -0.345. The van der Waals surface area contributed by atoms with Crippen LogP contribution in [0.3, 0.4) is 0 Å². The molecule has 0 atom stereocenters. The van der Waals surface area contributed by atoms with Crippen molar-refractivity contribution in [2.45, 2.75) is 24.3 Å². The molecule has 1 heterocycles. The Morgan fingerprint density at radius 2 is 1.88 bits per heavy atom. The van der Waals surface area contributed by atoms with Crippen molar-refractivity contribution >= 4 is 33.2 Å². The Morgan fingerprint density at radius 3 is 2.52 bits per heavy atom. The van der Waals surface area contributed by atoms with Crippen LogP contribution < -0.4 is 4.72 Å². The molecule has 0 aliphatic carbocycles. The van der Waals surface area contributed by atoms with E-state index in [9.17, 15) is 18.3 Å². The van der Waals surface area contributed by atoms with Gasteiger partial charge in [-0.25, -0.2) is 8.42 Å². The Labute approximate surface area is 151 Å². The van der Waals surface area contributed by atoms with Gasteiger partial charge in [0.05, 0.1) is 5.02 Å². The Bertz CT molecular complexity index is 897. The lowest BCUT2D eigenvalue weighted by Gasteiger charge is -2.16. The predicted molar refractivity (Wildman–Crippen MR) is 95.0 cm³/mol. The maximum Gasteiger partial charge on any atom is 0.265 e. The summed E-state index contributed by atoms with van der Waals surface area (Å²) < 4.78 is 27.2. The number of carbonyl (C=O) groups is 1. The van der Waals surface area contributed by atoms with E-state index in [1.807, 2.05) is 0 Å². The van der Waals surface area contributed by atoms with Crippen molar-refractivity contribution < 1.29 is 18.3 Å². The highest BCUT2D eigenvalue weighted by Crippen LogP contribution is 2.31. The first-order chi connectivity index (χ1) is 11.9. The molecule has 25 heavy (non-hydrogen) atoms. The van der Waals surface area contributed by atoms with Crippen molar-refractivity contribution in [2.75, 3.05) is 11.3 Å². The number of hydrogen-bond acceptors (Lipinski definition) is 4. The second-order valence-electron chi connectivity index (χ2n) is 5.81. The van der Waals surface area contributed by atoms with Crippen LogP contribution in [0.1, 0.15) is 18.4 Å². The van der Waals surface area contributed by atoms with Gasteiger partial charge in [-0.1, -0.05) is 29.8 Å². The normalized spacial score (nSPS) is 14.8. The summed E-state index contributed by atoms with van der Waals surface area (Å²) in [7, 11) is -3.96. The first-order valence-electron chi connectivity index (χ1n) is 7.74. The molecule has 8 heteroatoms. The molecule has 1 aliphatic heterocycles. The molecule has 1 saturated heterocycles. The van der Waals surface area contributed by atoms with Crippen molar-refractivity contribution in [2.24, 2.45) is 0 Å². The first-order valence-corrected chi connectivity index (χ1v) is 9.60. The number of para-hydroxylation sites is 1. The second-order valence-corrected chi connectivity index (χ2v) is 7.87. The van der Waals surface area contributed by atoms with E-state index in [1.165, 1.54) is 18.2 Å². The van der Waals surface area contributed by atoms with Gasteiger partial charge >= 0.3 is 0 Å². The highest BCUT2D eigenvalue weighted by Gasteiger charge is 2.21. The van der Waals surface area contributed by atoms with Crippen molar-refractivity contribution in [1.29, 1.82) is 0 Å². The Balaban J connectivity index is 1.74. The zero-order valence-electron chi connectivity index (χ0n) is 13.3. The summed E-state index contributed by atoms with van der Waals surface area (Å²) >= 11 is 5.76. The zero-order valence-corrected chi connectivity index (χ0v) is 14.8. The molecule has 0 radical (unpaired) electrons. The molecule has 3 rings (SSSR count). The number of carbonyl (C=O) groups excluding carboxylic acids is 1. The molecule has 0 unspecified atom stereocenters. The van der Waals surface area contributed by atoms with Crippen LogP contribution in [0.15, 0.2) is 47.4 Å². The predicted octanol–water partition coefficient (Wildman–Crippen LogP) is 2.97. The average molecular weight is 381 g/mol. The van der Waals surface area contributed by atoms with Crippen LogP contribution in [-0.2, 0) is 21.4 Å². The number of sulfonamides is 1. The molecule has 2 N–H and O–H groups in total. The number of anilines is 1. The quantitative estimate of drug-likeness (QED) is 0.834. The Hall–Kier alpha value is -2.25. The van der Waals surface area contributed by atoms with Crippen LogP contribution in [0.4, 0.5) is 5.69 Å². The minimum absolute atomic E-state index is 0.0338. The second kappa shape index (κ2) is 6.93. The lowest BCUT2D eigenvalue weighted by atomic mass is 10.2. The van der Waals surface area contributed by atoms with Crippen LogP contribution in [0, 0.1) is 0 Å². The first kappa shape index (κ1) is 17.6. The standard InChI is InChI=1S/C17H17ClN2O4S/c18-14-3-1-4-15(17(14)22)25(23,24)19-13-8-6-12(7-9-13)11-20-10-2-5-16(20)21/h1,3-4,6-9,19,22H,2,5,10-11H2. The minimum atomic E-state index is -3.96. The lowest BCUT2D eigenvalue weighted by Crippen LogP contribution is -2.23. The van der Waals surface area contributed by atoms with Crippen molar-refractivity contribution in [1.82, 2.24) is 4.90 Å². The van der Waals surface area contributed by atoms with E-state index >= 15 is 0 Å². The zero-order chi connectivity index (χ0) is 18.0. The van der Waals surface area contributed by atoms with Crippen molar-refractivity contribution in [3.63, 3.8) is 0 Å². The highest BCUT2D eigenvalue weighted by molar-refractivity contribution is 7.92. The molecule has 1 fully saturated rings. The molecule has 2 aromatic carbocycles. The molecular formula is C17H17ClN2O4S. The van der Waals surface area contributed by atoms with Crippen LogP contribution >= 0.6 is 11.6 Å². The molecule has 0 spiro atoms. The average Bonchev–Trinajstić information content (AvgIpc) is 2.96. The monoisotopic (exact) mass is 380 g/mol. The van der Waals surface area contributed by atoms with E-state index in [2.05, 4.69) is 4.72 Å². The summed E-state index contributed by atoms with van der Waals surface area (Å²) in [6, 6.07) is 10.9. The van der Waals surface area contributed by atoms with E-state index in [-0.39, 0.29) is 15.8 Å². The van der Waals surface area contributed by atoms with Gasteiger partial charge in [-0.15, -0.1) is 0 Å². The fourth-order valence-corrected chi connectivity index (χ4v) is 4.10. The van der Waals surface area contributed by atoms with E-state index in [1.54, 1.807) is 29.2 Å². The van der Waals surface area contributed by atoms with E-state index in [4.69, 9.17) is 11.6 Å². The fourth-order valence-electron chi connectivity index (χ4n) is 2.69. The molecular weight excluding hydrogens is 364 g/mol. The van der Waals surface area contributed by atoms with Gasteiger partial charge in [0.1, 0.15) is 4.90 Å². The molecule has 2 aromatic rings. The third-order valence-corrected chi connectivity index (χ3v) is 5.71. The van der Waals surface area contributed by atoms with Gasteiger partial charge in [-0.3, -0.25) is 9.52 Å². The summed E-state index contributed by atoms with van der Waals surface area (Å²) in [5, 5.41) is 9.82. The minimum Gasteiger partial charge on any atom is -0.505 e. The van der Waals surface area contributed by atoms with Gasteiger partial charge in [0.2, 0.25) is 5.91 Å². The van der Waals surface area contributed by atoms with Crippen molar-refractivity contribution in [3.05, 3.63) is 53.1 Å². The van der Waals surface area contributed by atoms with E-state index in [0.717, 1.165) is 18.5 Å². The third-order valence-electron chi connectivity index (χ3n) is 3.99. The maximum absolute atomic E-state index is 12.4. The SMILES string of the molecule is O=C1CCCN1Cc1ccc(NS(=O)(=O)c2cccc(Cl)c2O)cc1. The van der Waals surface area contributed by atoms with Crippen LogP contribution in [0.2, 0.25) is 5.02 Å². The summed E-state index contributed by atoms with van der Waals surface area (Å²) in [6.45, 7) is 1.27. The molecule has 1 amide bonds. The number of nitrogens with one attached hydrogen (secondary N) is 1. The van der Waals surface area contributed by atoms with Crippen LogP contribution in [0.5, 0.6) is 5.75 Å². The molecule has 1 aliphatic rings. The number of aromatic hydroxyl groups is 1. The highest BCUT2D eigenvalue weighted by atomic mass is 35.5. The van der Waals surface area contributed by atoms with Gasteiger partial charge in [0.15, 0.2) is 5.75 Å². The Morgan fingerprint density at radius 1 is 1.16 bits per heavy atom. The maximum atomic E-state index is 12.4. The topological polar surface area (TPSA) is 86.7 Å². The molecule has 6 nitrogen and oxygen atoms in total. The number of halogens is 1. The van der Waals surface area contributed by atoms with Gasteiger partial charge < -0.3 is 10.0 Å². The Kier molecular flexibility index (Phi) is 4.87. The van der Waals surface area contributed by atoms with E-state index in [0.29, 0.717) is 18.7 Å². The number of phenolic OH excluding ortho intramolecular Hbond substituents is 1. The molecule has 0 saturated carbocycles. The van der Waals surface area contributed by atoms with Gasteiger partial charge in [0, 0.05) is 25.2 Å². The third kappa shape index (κ3) is 3.88. The van der Waals surface area contributed by atoms with Crippen LogP contribution in [0.25, 0.3) is 0 Å². The fraction of sp³-hybridized carbons (Fsp3) is 0.235. The number of amides is 1. The number of likely N-dealkylation sites (tertiary alicyclic amines) is 1. The molecule has 132 valence electrons. The number of nitrogens with zero attached hydrogens (tertiary/aromatic N) is 1. The summed E-state index contributed by atoms with van der Waals surface area (Å²) in [4.78, 5) is 13.1. The number of benzene rings is 2. The molecule has 0 aromatic heterocycles. The summed E-state index contributed by atoms with van der Waals surface area (Å²) in [6.07, 6.45) is 1.46. The number of hydrogen-bond donors (Lipinski definition) is 2. The molecule has 0 bridgehead atoms. The van der Waals surface area contributed by atoms with Crippen molar-refractivity contribution in [3.8, 4) is 5.75 Å². The van der Waals surface area contributed by atoms with Crippen LogP contribution in [-0.4, -0.2) is 30.9 Å². The smallest absolute Gasteiger partial charge is 0.265 e. The largest absolute Gasteiger partial charge is 0.505 e.